The number of fused-ring (bicyclic) bond motifs is 1. The molecule has 118 valence electrons. The van der Waals surface area contributed by atoms with Gasteiger partial charge in [-0.1, -0.05) is 31.0 Å². The minimum atomic E-state index is -0.695. The van der Waals surface area contributed by atoms with Gasteiger partial charge in [0.1, 0.15) is 4.88 Å². The van der Waals surface area contributed by atoms with E-state index in [4.69, 9.17) is 4.84 Å². The first-order valence-corrected chi connectivity index (χ1v) is 8.08. The molecule has 6 heteroatoms. The Hall–Kier alpha value is -2.47. The Balaban J connectivity index is 1.75. The number of rotatable bonds is 4. The summed E-state index contributed by atoms with van der Waals surface area (Å²) in [6, 6.07) is 9.91. The molecule has 3 rings (SSSR count). The minimum Gasteiger partial charge on any atom is -0.323 e. The second-order valence-electron chi connectivity index (χ2n) is 5.69. The summed E-state index contributed by atoms with van der Waals surface area (Å²) in [6.45, 7) is 4.19. The molecule has 1 aromatic carbocycles. The van der Waals surface area contributed by atoms with E-state index in [-0.39, 0.29) is 11.1 Å². The van der Waals surface area contributed by atoms with Crippen molar-refractivity contribution < 1.29 is 19.2 Å². The lowest BCUT2D eigenvalue weighted by Gasteiger charge is -2.11. The molecule has 0 fully saturated rings. The fourth-order valence-electron chi connectivity index (χ4n) is 2.38. The third-order valence-electron chi connectivity index (χ3n) is 3.40. The number of carbonyl (C=O) groups excluding carboxylic acids is 3. The molecular formula is C17H15NO4S. The van der Waals surface area contributed by atoms with Crippen molar-refractivity contribution >= 4 is 29.1 Å². The highest BCUT2D eigenvalue weighted by atomic mass is 32.1. The molecule has 5 nitrogen and oxygen atoms in total. The third kappa shape index (κ3) is 2.90. The summed E-state index contributed by atoms with van der Waals surface area (Å²) < 4.78 is 0. The van der Waals surface area contributed by atoms with E-state index >= 15 is 0 Å². The number of hydrogen-bond acceptors (Lipinski definition) is 5. The lowest BCUT2D eigenvalue weighted by atomic mass is 10.1. The number of hydrogen-bond donors (Lipinski definition) is 0. The molecule has 1 aliphatic rings. The lowest BCUT2D eigenvalue weighted by Crippen LogP contribution is -2.32. The Morgan fingerprint density at radius 1 is 1.09 bits per heavy atom. The summed E-state index contributed by atoms with van der Waals surface area (Å²) in [5.74, 6) is -1.44. The smallest absolute Gasteiger partial charge is 0.323 e. The number of imide groups is 1. The van der Waals surface area contributed by atoms with Crippen LogP contribution in [0.1, 0.15) is 49.1 Å². The van der Waals surface area contributed by atoms with Gasteiger partial charge in [0.2, 0.25) is 0 Å². The number of nitrogens with zero attached hydrogens (tertiary/aromatic N) is 1. The van der Waals surface area contributed by atoms with Crippen molar-refractivity contribution in [2.75, 3.05) is 0 Å². The number of amides is 2. The highest BCUT2D eigenvalue weighted by Gasteiger charge is 2.38. The first-order chi connectivity index (χ1) is 11.0. The van der Waals surface area contributed by atoms with Crippen molar-refractivity contribution in [2.24, 2.45) is 5.92 Å². The molecule has 0 atom stereocenters. The molecule has 1 aliphatic heterocycles. The summed E-state index contributed by atoms with van der Waals surface area (Å²) >= 11 is 1.32. The molecule has 2 heterocycles. The maximum absolute atomic E-state index is 12.2. The topological polar surface area (TPSA) is 63.7 Å². The summed E-state index contributed by atoms with van der Waals surface area (Å²) in [7, 11) is 0. The van der Waals surface area contributed by atoms with Gasteiger partial charge in [0.25, 0.3) is 11.8 Å². The largest absolute Gasteiger partial charge is 0.373 e. The Morgan fingerprint density at radius 2 is 1.70 bits per heavy atom. The Kier molecular flexibility index (Phi) is 4.00. The predicted molar refractivity (Wildman–Crippen MR) is 85.2 cm³/mol. The first-order valence-electron chi connectivity index (χ1n) is 7.26. The van der Waals surface area contributed by atoms with E-state index in [1.807, 2.05) is 6.07 Å². The van der Waals surface area contributed by atoms with Crippen LogP contribution in [0.3, 0.4) is 0 Å². The molecular weight excluding hydrogens is 314 g/mol. The zero-order valence-electron chi connectivity index (χ0n) is 12.7. The zero-order chi connectivity index (χ0) is 16.6. The third-order valence-corrected chi connectivity index (χ3v) is 4.49. The molecule has 0 saturated carbocycles. The van der Waals surface area contributed by atoms with E-state index in [0.29, 0.717) is 15.9 Å². The number of benzene rings is 1. The van der Waals surface area contributed by atoms with Crippen LogP contribution in [0.25, 0.3) is 0 Å². The first kappa shape index (κ1) is 15.4. The molecule has 0 N–H and O–H groups in total. The van der Waals surface area contributed by atoms with Crippen LogP contribution in [0.15, 0.2) is 36.4 Å². The van der Waals surface area contributed by atoms with Crippen LogP contribution >= 0.6 is 11.3 Å². The fraction of sp³-hybridized carbons (Fsp3) is 0.235. The zero-order valence-corrected chi connectivity index (χ0v) is 13.6. The highest BCUT2D eigenvalue weighted by Crippen LogP contribution is 2.25. The van der Waals surface area contributed by atoms with Gasteiger partial charge in [-0.15, -0.1) is 11.3 Å². The van der Waals surface area contributed by atoms with E-state index in [0.717, 1.165) is 11.3 Å². The molecule has 0 bridgehead atoms. The lowest BCUT2D eigenvalue weighted by molar-refractivity contribution is -0.0581. The van der Waals surface area contributed by atoms with E-state index in [1.54, 1.807) is 18.2 Å². The van der Waals surface area contributed by atoms with Crippen LogP contribution in [-0.4, -0.2) is 22.8 Å². The molecule has 1 aromatic heterocycles. The SMILES string of the molecule is CC(C)Cc1ccc(C(=O)ON2C(=O)c3ccccc3C2=O)s1. The van der Waals surface area contributed by atoms with Crippen molar-refractivity contribution in [3.63, 3.8) is 0 Å². The molecule has 0 saturated heterocycles. The normalized spacial score (nSPS) is 13.6. The second kappa shape index (κ2) is 5.96. The molecule has 0 unspecified atom stereocenters. The average Bonchev–Trinajstić information content (AvgIpc) is 3.06. The summed E-state index contributed by atoms with van der Waals surface area (Å²) in [6.07, 6.45) is 0.866. The summed E-state index contributed by atoms with van der Waals surface area (Å²) in [4.78, 5) is 43.0. The number of thiophene rings is 1. The van der Waals surface area contributed by atoms with Gasteiger partial charge in [0.05, 0.1) is 11.1 Å². The van der Waals surface area contributed by atoms with Gasteiger partial charge >= 0.3 is 5.97 Å². The molecule has 2 aromatic rings. The van der Waals surface area contributed by atoms with Gasteiger partial charge in [-0.25, -0.2) is 4.79 Å². The van der Waals surface area contributed by atoms with Gasteiger partial charge in [0, 0.05) is 4.88 Å². The number of hydroxylamine groups is 2. The van der Waals surface area contributed by atoms with Crippen LogP contribution in [0.4, 0.5) is 0 Å². The molecule has 0 radical (unpaired) electrons. The van der Waals surface area contributed by atoms with E-state index < -0.39 is 17.8 Å². The van der Waals surface area contributed by atoms with Crippen LogP contribution < -0.4 is 0 Å². The van der Waals surface area contributed by atoms with Crippen molar-refractivity contribution in [2.45, 2.75) is 20.3 Å². The Morgan fingerprint density at radius 3 is 2.26 bits per heavy atom. The Bertz CT molecular complexity index is 758. The molecule has 0 aliphatic carbocycles. The van der Waals surface area contributed by atoms with Gasteiger partial charge in [-0.3, -0.25) is 9.59 Å². The monoisotopic (exact) mass is 329 g/mol. The summed E-state index contributed by atoms with van der Waals surface area (Å²) in [5.41, 5.74) is 0.494. The fourth-order valence-corrected chi connectivity index (χ4v) is 3.47. The quantitative estimate of drug-likeness (QED) is 0.807. The number of carbonyl (C=O) groups is 3. The maximum Gasteiger partial charge on any atom is 0.373 e. The van der Waals surface area contributed by atoms with Gasteiger partial charge in [0.15, 0.2) is 0 Å². The van der Waals surface area contributed by atoms with Crippen molar-refractivity contribution in [3.05, 3.63) is 57.3 Å². The van der Waals surface area contributed by atoms with Gasteiger partial charge in [-0.05, 0) is 36.6 Å². The van der Waals surface area contributed by atoms with Crippen molar-refractivity contribution in [3.8, 4) is 0 Å². The maximum atomic E-state index is 12.2. The van der Waals surface area contributed by atoms with Crippen molar-refractivity contribution in [1.29, 1.82) is 0 Å². The van der Waals surface area contributed by atoms with E-state index in [2.05, 4.69) is 13.8 Å². The minimum absolute atomic E-state index is 0.247. The van der Waals surface area contributed by atoms with Gasteiger partial charge in [-0.2, -0.15) is 0 Å². The summed E-state index contributed by atoms with van der Waals surface area (Å²) in [5, 5.41) is 0.537. The van der Waals surface area contributed by atoms with E-state index in [9.17, 15) is 14.4 Å². The second-order valence-corrected chi connectivity index (χ2v) is 6.86. The van der Waals surface area contributed by atoms with Crippen molar-refractivity contribution in [1.82, 2.24) is 5.06 Å². The van der Waals surface area contributed by atoms with Crippen LogP contribution in [0.5, 0.6) is 0 Å². The van der Waals surface area contributed by atoms with Crippen LogP contribution in [0, 0.1) is 5.92 Å². The standard InChI is InChI=1S/C17H15NO4S/c1-10(2)9-11-7-8-14(23-11)17(21)22-18-15(19)12-5-3-4-6-13(12)16(18)20/h3-8,10H,9H2,1-2H3. The van der Waals surface area contributed by atoms with Crippen LogP contribution in [-0.2, 0) is 11.3 Å². The predicted octanol–water partition coefficient (Wildman–Crippen LogP) is 3.31. The molecule has 2 amide bonds. The van der Waals surface area contributed by atoms with Gasteiger partial charge < -0.3 is 4.84 Å². The van der Waals surface area contributed by atoms with Crippen LogP contribution in [0.2, 0.25) is 0 Å². The van der Waals surface area contributed by atoms with E-state index in [1.165, 1.54) is 23.5 Å². The average molecular weight is 329 g/mol. The molecule has 0 spiro atoms. The Labute approximate surface area is 137 Å². The molecule has 23 heavy (non-hydrogen) atoms. The highest BCUT2D eigenvalue weighted by molar-refractivity contribution is 7.13.